The normalized spacial score (nSPS) is 36.9. The molecule has 2 bridgehead atoms. The molecule has 9 heteroatoms. The van der Waals surface area contributed by atoms with Gasteiger partial charge in [0.1, 0.15) is 18.3 Å². The van der Waals surface area contributed by atoms with Crippen LogP contribution in [0.1, 0.15) is 74.7 Å². The van der Waals surface area contributed by atoms with Crippen LogP contribution in [0.4, 0.5) is 0 Å². The molecule has 0 heterocycles. The second-order valence-corrected chi connectivity index (χ2v) is 11.5. The summed E-state index contributed by atoms with van der Waals surface area (Å²) in [5.74, 6) is -3.15. The van der Waals surface area contributed by atoms with Crippen molar-refractivity contribution in [1.82, 2.24) is 0 Å². The quantitative estimate of drug-likeness (QED) is 0.337. The summed E-state index contributed by atoms with van der Waals surface area (Å²) in [6.07, 6.45) is -3.19. The van der Waals surface area contributed by atoms with E-state index in [0.717, 1.165) is 0 Å². The molecule has 8 atom stereocenters. The Morgan fingerprint density at radius 3 is 1.95 bits per heavy atom. The van der Waals surface area contributed by atoms with Crippen LogP contribution in [0, 0.1) is 22.7 Å². The number of aliphatic hydroxyl groups is 1. The lowest BCUT2D eigenvalue weighted by atomic mass is 9.49. The highest BCUT2D eigenvalue weighted by Gasteiger charge is 2.64. The van der Waals surface area contributed by atoms with Gasteiger partial charge >= 0.3 is 23.9 Å². The van der Waals surface area contributed by atoms with E-state index >= 15 is 0 Å². The molecule has 0 saturated heterocycles. The fraction of sp³-hybridized carbons (Fsp3) is 0.714. The van der Waals surface area contributed by atoms with Gasteiger partial charge in [0.2, 0.25) is 0 Å². The van der Waals surface area contributed by atoms with Crippen molar-refractivity contribution in [3.05, 3.63) is 23.3 Å². The highest BCUT2D eigenvalue weighted by molar-refractivity contribution is 5.69. The number of esters is 4. The highest BCUT2D eigenvalue weighted by Crippen LogP contribution is 2.61. The lowest BCUT2D eigenvalue weighted by molar-refractivity contribution is -0.203. The molecule has 3 rings (SSSR count). The van der Waals surface area contributed by atoms with E-state index in [0.29, 0.717) is 36.0 Å². The van der Waals surface area contributed by atoms with Crippen molar-refractivity contribution >= 4 is 23.9 Å². The van der Waals surface area contributed by atoms with Crippen LogP contribution in [-0.2, 0) is 38.1 Å². The molecule has 206 valence electrons. The van der Waals surface area contributed by atoms with Gasteiger partial charge in [-0.25, -0.2) is 0 Å². The third-order valence-electron chi connectivity index (χ3n) is 8.62. The smallest absolute Gasteiger partial charge is 0.303 e. The van der Waals surface area contributed by atoms with Gasteiger partial charge in [-0.05, 0) is 48.3 Å². The van der Waals surface area contributed by atoms with Crippen molar-refractivity contribution in [3.8, 4) is 0 Å². The van der Waals surface area contributed by atoms with E-state index in [4.69, 9.17) is 18.9 Å². The number of aliphatic hydroxyl groups excluding tert-OH is 1. The summed E-state index contributed by atoms with van der Waals surface area (Å²) in [5, 5.41) is 10.9. The Bertz CT molecular complexity index is 1020. The summed E-state index contributed by atoms with van der Waals surface area (Å²) in [5.41, 5.74) is 0.191. The molecular weight excluding hydrogens is 480 g/mol. The lowest BCUT2D eigenvalue weighted by Crippen LogP contribution is -2.64. The van der Waals surface area contributed by atoms with E-state index in [-0.39, 0.29) is 0 Å². The minimum absolute atomic E-state index is 0.348. The van der Waals surface area contributed by atoms with Crippen LogP contribution in [0.5, 0.6) is 0 Å². The summed E-state index contributed by atoms with van der Waals surface area (Å²) in [4.78, 5) is 49.5. The Morgan fingerprint density at radius 2 is 1.43 bits per heavy atom. The maximum absolute atomic E-state index is 12.5. The van der Waals surface area contributed by atoms with Crippen LogP contribution in [0.15, 0.2) is 23.3 Å². The molecule has 1 N–H and O–H groups in total. The van der Waals surface area contributed by atoms with Crippen LogP contribution in [0.2, 0.25) is 0 Å². The fourth-order valence-corrected chi connectivity index (χ4v) is 7.13. The maximum atomic E-state index is 12.5. The van der Waals surface area contributed by atoms with Gasteiger partial charge in [-0.15, -0.1) is 0 Å². The van der Waals surface area contributed by atoms with Crippen LogP contribution < -0.4 is 0 Å². The van der Waals surface area contributed by atoms with E-state index in [1.807, 2.05) is 27.7 Å². The van der Waals surface area contributed by atoms with E-state index in [2.05, 4.69) is 6.58 Å². The van der Waals surface area contributed by atoms with Gasteiger partial charge in [0.15, 0.2) is 6.10 Å². The lowest BCUT2D eigenvalue weighted by Gasteiger charge is -2.60. The summed E-state index contributed by atoms with van der Waals surface area (Å²) < 4.78 is 23.7. The summed E-state index contributed by atoms with van der Waals surface area (Å²) in [6.45, 7) is 17.1. The molecule has 0 aromatic rings. The van der Waals surface area contributed by atoms with Gasteiger partial charge in [-0.3, -0.25) is 19.2 Å². The fourth-order valence-electron chi connectivity index (χ4n) is 7.13. The number of hydrogen-bond donors (Lipinski definition) is 1. The second-order valence-electron chi connectivity index (χ2n) is 11.5. The zero-order chi connectivity index (χ0) is 28.0. The molecule has 0 spiro atoms. The molecule has 0 radical (unpaired) electrons. The third-order valence-corrected chi connectivity index (χ3v) is 8.62. The van der Waals surface area contributed by atoms with Gasteiger partial charge in [-0.1, -0.05) is 27.4 Å². The average molecular weight is 521 g/mol. The summed E-state index contributed by atoms with van der Waals surface area (Å²) >= 11 is 0. The maximum Gasteiger partial charge on any atom is 0.303 e. The number of ether oxygens (including phenoxy) is 4. The first kappa shape index (κ1) is 28.9. The van der Waals surface area contributed by atoms with Crippen molar-refractivity contribution in [2.24, 2.45) is 22.7 Å². The van der Waals surface area contributed by atoms with Crippen LogP contribution >= 0.6 is 0 Å². The Morgan fingerprint density at radius 1 is 0.892 bits per heavy atom. The second kappa shape index (κ2) is 10.2. The predicted molar refractivity (Wildman–Crippen MR) is 133 cm³/mol. The summed E-state index contributed by atoms with van der Waals surface area (Å²) in [7, 11) is 0. The van der Waals surface area contributed by atoms with E-state index in [1.54, 1.807) is 0 Å². The molecule has 9 nitrogen and oxygen atoms in total. The number of carbonyl (C=O) groups excluding carboxylic acids is 4. The third kappa shape index (κ3) is 5.19. The van der Waals surface area contributed by atoms with Crippen LogP contribution in [-0.4, -0.2) is 59.5 Å². The molecule has 0 aromatic heterocycles. The standard InChI is InChI=1S/C28H40O9/c1-13-20(33)10-11-28(9)23(13)24(35-16(4)30)19-12-21(34-15(3)29)14(2)22(27(19,7)8)25(36-17(5)31)26(28)37-18(6)32/h19-21,23-26,33H,1,10-12H2,2-9H3/t19-,20-,21-,23+,24+,25-,26-,28+/m0/s1. The molecule has 0 aromatic carbocycles. The largest absolute Gasteiger partial charge is 0.462 e. The zero-order valence-corrected chi connectivity index (χ0v) is 23.1. The molecule has 0 amide bonds. The van der Waals surface area contributed by atoms with Crippen molar-refractivity contribution < 1.29 is 43.2 Å². The SMILES string of the molecule is C=C1[C@@H]2[C@H](OC(C)=O)[C@@H]3C[C@H](OC(C)=O)C(C)=C([C@H](OC(C)=O)[C@H](OC(C)=O)[C@]2(C)CC[C@@H]1O)C3(C)C. The van der Waals surface area contributed by atoms with E-state index in [1.165, 1.54) is 27.7 Å². The molecule has 2 fully saturated rings. The molecule has 37 heavy (non-hydrogen) atoms. The van der Waals surface area contributed by atoms with Crippen molar-refractivity contribution in [3.63, 3.8) is 0 Å². The zero-order valence-electron chi connectivity index (χ0n) is 23.1. The number of hydrogen-bond acceptors (Lipinski definition) is 9. The molecule has 3 aliphatic rings. The van der Waals surface area contributed by atoms with E-state index < -0.39 is 77.1 Å². The Hall–Kier alpha value is -2.68. The number of fused-ring (bicyclic) bond motifs is 3. The highest BCUT2D eigenvalue weighted by atomic mass is 16.6. The Labute approximate surface area is 218 Å². The molecular formula is C28H40O9. The minimum atomic E-state index is -0.994. The van der Waals surface area contributed by atoms with Gasteiger partial charge in [0, 0.05) is 44.9 Å². The van der Waals surface area contributed by atoms with Crippen molar-refractivity contribution in [1.29, 1.82) is 0 Å². The molecule has 0 unspecified atom stereocenters. The van der Waals surface area contributed by atoms with Crippen molar-refractivity contribution in [2.45, 2.75) is 105 Å². The van der Waals surface area contributed by atoms with Crippen LogP contribution in [0.25, 0.3) is 0 Å². The monoisotopic (exact) mass is 520 g/mol. The van der Waals surface area contributed by atoms with E-state index in [9.17, 15) is 24.3 Å². The summed E-state index contributed by atoms with van der Waals surface area (Å²) in [6, 6.07) is 0. The first-order chi connectivity index (χ1) is 17.0. The van der Waals surface area contributed by atoms with Crippen molar-refractivity contribution in [2.75, 3.05) is 0 Å². The minimum Gasteiger partial charge on any atom is -0.462 e. The predicted octanol–water partition coefficient (Wildman–Crippen LogP) is 3.42. The first-order valence-corrected chi connectivity index (χ1v) is 12.8. The average Bonchev–Trinajstić information content (AvgIpc) is 2.74. The number of carbonyl (C=O) groups is 4. The topological polar surface area (TPSA) is 125 Å². The van der Waals surface area contributed by atoms with Gasteiger partial charge in [0.05, 0.1) is 6.10 Å². The molecule has 0 aliphatic heterocycles. The van der Waals surface area contributed by atoms with Gasteiger partial charge < -0.3 is 24.1 Å². The Kier molecular flexibility index (Phi) is 7.99. The number of rotatable bonds is 4. The van der Waals surface area contributed by atoms with Crippen LogP contribution in [0.3, 0.4) is 0 Å². The first-order valence-electron chi connectivity index (χ1n) is 12.8. The van der Waals surface area contributed by atoms with Gasteiger partial charge in [-0.2, -0.15) is 0 Å². The Balaban J connectivity index is 2.43. The van der Waals surface area contributed by atoms with Gasteiger partial charge in [0.25, 0.3) is 0 Å². The molecule has 2 saturated carbocycles. The molecule has 3 aliphatic carbocycles.